The van der Waals surface area contributed by atoms with Crippen LogP contribution in [0.15, 0.2) is 18.2 Å². The number of amides is 1. The molecule has 3 heterocycles. The highest BCUT2D eigenvalue weighted by atomic mass is 19.1. The van der Waals surface area contributed by atoms with Gasteiger partial charge in [-0.05, 0) is 49.3 Å². The minimum absolute atomic E-state index is 0.0323. The fourth-order valence-electron chi connectivity index (χ4n) is 4.56. The summed E-state index contributed by atoms with van der Waals surface area (Å²) in [5, 5.41) is 16.7. The number of aromatic nitrogens is 2. The van der Waals surface area contributed by atoms with Gasteiger partial charge in [0.15, 0.2) is 0 Å². The number of nitrogens with one attached hydrogen (secondary N) is 1. The van der Waals surface area contributed by atoms with Gasteiger partial charge in [0.05, 0.1) is 34.7 Å². The highest BCUT2D eigenvalue weighted by Crippen LogP contribution is 2.37. The predicted molar refractivity (Wildman–Crippen MR) is 116 cm³/mol. The lowest BCUT2D eigenvalue weighted by Crippen LogP contribution is -2.40. The summed E-state index contributed by atoms with van der Waals surface area (Å²) in [5.74, 6) is -1.36. The number of hydrogen-bond donors (Lipinski definition) is 1. The van der Waals surface area contributed by atoms with E-state index in [1.807, 2.05) is 11.6 Å². The molecule has 0 radical (unpaired) electrons. The molecule has 1 fully saturated rings. The van der Waals surface area contributed by atoms with Crippen LogP contribution in [-0.4, -0.2) is 48.0 Å². The molecule has 1 saturated heterocycles. The Morgan fingerprint density at radius 3 is 2.91 bits per heavy atom. The Morgan fingerprint density at radius 1 is 1.39 bits per heavy atom. The monoisotopic (exact) mass is 454 g/mol. The summed E-state index contributed by atoms with van der Waals surface area (Å²) in [4.78, 5) is 25.1. The van der Waals surface area contributed by atoms with E-state index in [0.29, 0.717) is 44.7 Å². The molecular formula is C24H27FN4O4. The lowest BCUT2D eigenvalue weighted by atomic mass is 9.76. The van der Waals surface area contributed by atoms with Crippen LogP contribution in [0.3, 0.4) is 0 Å². The highest BCUT2D eigenvalue weighted by Gasteiger charge is 2.39. The fourth-order valence-corrected chi connectivity index (χ4v) is 4.56. The molecule has 4 rings (SSSR count). The van der Waals surface area contributed by atoms with Gasteiger partial charge in [0.2, 0.25) is 0 Å². The topological polar surface area (TPSA) is 106 Å². The summed E-state index contributed by atoms with van der Waals surface area (Å²) < 4.78 is 26.2. The number of fused-ring (bicyclic) bond motifs is 1. The van der Waals surface area contributed by atoms with Crippen LogP contribution < -0.4 is 5.32 Å². The second-order valence-corrected chi connectivity index (χ2v) is 8.61. The molecule has 2 aromatic rings. The number of aryl methyl sites for hydroxylation is 2. The van der Waals surface area contributed by atoms with Gasteiger partial charge >= 0.3 is 5.97 Å². The van der Waals surface area contributed by atoms with E-state index in [2.05, 4.69) is 5.32 Å². The van der Waals surface area contributed by atoms with E-state index in [9.17, 15) is 14.0 Å². The number of nitriles is 1. The van der Waals surface area contributed by atoms with Crippen molar-refractivity contribution >= 4 is 11.9 Å². The minimum Gasteiger partial charge on any atom is -0.462 e. The predicted octanol–water partition coefficient (Wildman–Crippen LogP) is 2.79. The van der Waals surface area contributed by atoms with Gasteiger partial charge in [0.25, 0.3) is 5.91 Å². The van der Waals surface area contributed by atoms with Gasteiger partial charge in [0, 0.05) is 32.7 Å². The average Bonchev–Trinajstić information content (AvgIpc) is 3.11. The molecule has 0 atom stereocenters. The van der Waals surface area contributed by atoms with Crippen molar-refractivity contribution in [2.75, 3.05) is 26.4 Å². The number of nitrogens with zero attached hydrogens (tertiary/aromatic N) is 3. The van der Waals surface area contributed by atoms with Gasteiger partial charge in [-0.15, -0.1) is 0 Å². The Labute approximate surface area is 191 Å². The van der Waals surface area contributed by atoms with E-state index in [4.69, 9.17) is 19.8 Å². The average molecular weight is 455 g/mol. The first-order valence-corrected chi connectivity index (χ1v) is 11.3. The van der Waals surface area contributed by atoms with E-state index in [-0.39, 0.29) is 29.1 Å². The third-order valence-electron chi connectivity index (χ3n) is 6.48. The summed E-state index contributed by atoms with van der Waals surface area (Å²) in [6, 6.07) is 5.28. The van der Waals surface area contributed by atoms with Crippen molar-refractivity contribution in [3.63, 3.8) is 0 Å². The van der Waals surface area contributed by atoms with E-state index < -0.39 is 11.8 Å². The van der Waals surface area contributed by atoms with Crippen LogP contribution in [0.4, 0.5) is 4.39 Å². The molecule has 1 aromatic heterocycles. The lowest BCUT2D eigenvalue weighted by Gasteiger charge is -2.36. The largest absolute Gasteiger partial charge is 0.462 e. The maximum absolute atomic E-state index is 13.5. The molecular weight excluding hydrogens is 427 g/mol. The van der Waals surface area contributed by atoms with E-state index in [1.54, 1.807) is 6.07 Å². The van der Waals surface area contributed by atoms with Crippen molar-refractivity contribution in [3.8, 4) is 6.07 Å². The Kier molecular flexibility index (Phi) is 6.75. The molecule has 0 bridgehead atoms. The zero-order valence-electron chi connectivity index (χ0n) is 18.7. The van der Waals surface area contributed by atoms with Crippen molar-refractivity contribution in [1.29, 1.82) is 5.26 Å². The summed E-state index contributed by atoms with van der Waals surface area (Å²) in [6.45, 7) is 4.63. The van der Waals surface area contributed by atoms with Crippen molar-refractivity contribution in [2.45, 2.75) is 45.6 Å². The number of benzene rings is 1. The molecule has 1 N–H and O–H groups in total. The molecule has 8 nitrogen and oxygen atoms in total. The van der Waals surface area contributed by atoms with Crippen molar-refractivity contribution < 1.29 is 23.5 Å². The highest BCUT2D eigenvalue weighted by molar-refractivity contribution is 5.97. The summed E-state index contributed by atoms with van der Waals surface area (Å²) in [5.41, 5.74) is 2.29. The standard InChI is InChI=1S/C24H27FN4O4/c1-2-19-21-20(13-24(15-27-22(21)30)6-10-32-11-7-24)29(28-19)8-3-9-33-23(31)16-4-5-18(25)17(12-16)14-26/h4-5,12H,2-3,6-11,13,15H2,1H3,(H,27,30). The second-order valence-electron chi connectivity index (χ2n) is 8.61. The van der Waals surface area contributed by atoms with E-state index >= 15 is 0 Å². The Bertz CT molecular complexity index is 1100. The lowest BCUT2D eigenvalue weighted by molar-refractivity contribution is 0.0152. The van der Waals surface area contributed by atoms with Crippen LogP contribution in [0.1, 0.15) is 63.9 Å². The number of halogens is 1. The molecule has 1 amide bonds. The Hall–Kier alpha value is -3.25. The van der Waals surface area contributed by atoms with Crippen molar-refractivity contribution in [1.82, 2.24) is 15.1 Å². The SMILES string of the molecule is CCc1nn(CCCOC(=O)c2ccc(F)c(C#N)c2)c2c1C(=O)NCC1(CCOCC1)C2. The molecule has 9 heteroatoms. The molecule has 33 heavy (non-hydrogen) atoms. The molecule has 1 aromatic carbocycles. The van der Waals surface area contributed by atoms with E-state index in [0.717, 1.165) is 36.7 Å². The van der Waals surface area contributed by atoms with Gasteiger partial charge in [-0.3, -0.25) is 9.48 Å². The zero-order valence-corrected chi connectivity index (χ0v) is 18.7. The smallest absolute Gasteiger partial charge is 0.338 e. The first-order chi connectivity index (χ1) is 16.0. The van der Waals surface area contributed by atoms with Crippen LogP contribution in [0, 0.1) is 22.6 Å². The first kappa shape index (κ1) is 22.9. The second kappa shape index (κ2) is 9.71. The van der Waals surface area contributed by atoms with Gasteiger partial charge < -0.3 is 14.8 Å². The minimum atomic E-state index is -0.675. The van der Waals surface area contributed by atoms with Gasteiger partial charge in [-0.1, -0.05) is 6.92 Å². The molecule has 174 valence electrons. The van der Waals surface area contributed by atoms with Crippen molar-refractivity contribution in [2.24, 2.45) is 5.41 Å². The van der Waals surface area contributed by atoms with Crippen LogP contribution >= 0.6 is 0 Å². The normalized spacial score (nSPS) is 17.1. The third kappa shape index (κ3) is 4.76. The molecule has 2 aliphatic rings. The maximum atomic E-state index is 13.5. The number of ether oxygens (including phenoxy) is 2. The fraction of sp³-hybridized carbons (Fsp3) is 0.500. The Balaban J connectivity index is 1.44. The number of rotatable bonds is 6. The molecule has 0 aliphatic carbocycles. The van der Waals surface area contributed by atoms with Gasteiger partial charge in [0.1, 0.15) is 11.9 Å². The summed E-state index contributed by atoms with van der Waals surface area (Å²) >= 11 is 0. The Morgan fingerprint density at radius 2 is 2.18 bits per heavy atom. The number of hydrogen-bond acceptors (Lipinski definition) is 6. The summed E-state index contributed by atoms with van der Waals surface area (Å²) in [7, 11) is 0. The number of carbonyl (C=O) groups excluding carboxylic acids is 2. The zero-order chi connectivity index (χ0) is 23.4. The van der Waals surface area contributed by atoms with Crippen LogP contribution in [-0.2, 0) is 28.9 Å². The number of carbonyl (C=O) groups is 2. The first-order valence-electron chi connectivity index (χ1n) is 11.3. The van der Waals surface area contributed by atoms with Gasteiger partial charge in [-0.2, -0.15) is 10.4 Å². The van der Waals surface area contributed by atoms with Crippen LogP contribution in [0.2, 0.25) is 0 Å². The number of esters is 1. The molecule has 0 unspecified atom stereocenters. The van der Waals surface area contributed by atoms with Crippen molar-refractivity contribution in [3.05, 3.63) is 52.1 Å². The summed E-state index contributed by atoms with van der Waals surface area (Å²) in [6.07, 6.45) is 3.69. The molecule has 1 spiro atoms. The molecule has 2 aliphatic heterocycles. The van der Waals surface area contributed by atoms with E-state index in [1.165, 1.54) is 12.1 Å². The quantitative estimate of drug-likeness (QED) is 0.531. The maximum Gasteiger partial charge on any atom is 0.338 e. The van der Waals surface area contributed by atoms with Gasteiger partial charge in [-0.25, -0.2) is 9.18 Å². The molecule has 0 saturated carbocycles. The van der Waals surface area contributed by atoms with Crippen LogP contribution in [0.5, 0.6) is 0 Å². The van der Waals surface area contributed by atoms with Crippen LogP contribution in [0.25, 0.3) is 0 Å². The third-order valence-corrected chi connectivity index (χ3v) is 6.48.